The van der Waals surface area contributed by atoms with Crippen LogP contribution >= 0.6 is 0 Å². The maximum absolute atomic E-state index is 9.25. The van der Waals surface area contributed by atoms with Crippen LogP contribution in [0.3, 0.4) is 0 Å². The largest absolute Gasteiger partial charge is 0.396 e. The highest BCUT2D eigenvalue weighted by molar-refractivity contribution is 4.97. The maximum atomic E-state index is 9.25. The van der Waals surface area contributed by atoms with E-state index in [4.69, 9.17) is 0 Å². The number of aliphatic hydroxyl groups excluding tert-OH is 1. The Balaban J connectivity index is 2.67. The zero-order chi connectivity index (χ0) is 11.3. The third-order valence-corrected chi connectivity index (χ3v) is 4.29. The second kappa shape index (κ2) is 5.86. The summed E-state index contributed by atoms with van der Waals surface area (Å²) < 4.78 is 0. The molecule has 0 amide bonds. The first-order valence-electron chi connectivity index (χ1n) is 6.52. The van der Waals surface area contributed by atoms with Gasteiger partial charge in [0.05, 0.1) is 0 Å². The van der Waals surface area contributed by atoms with Gasteiger partial charge in [-0.15, -0.1) is 0 Å². The summed E-state index contributed by atoms with van der Waals surface area (Å²) in [7, 11) is 0. The molecule has 0 aliphatic heterocycles. The minimum Gasteiger partial charge on any atom is -0.396 e. The summed E-state index contributed by atoms with van der Waals surface area (Å²) in [5, 5.41) is 13.0. The van der Waals surface area contributed by atoms with Crippen molar-refractivity contribution in [3.05, 3.63) is 0 Å². The molecule has 2 N–H and O–H groups in total. The van der Waals surface area contributed by atoms with Crippen LogP contribution in [0.25, 0.3) is 0 Å². The highest BCUT2D eigenvalue weighted by atomic mass is 16.3. The molecule has 2 nitrogen and oxygen atoms in total. The topological polar surface area (TPSA) is 32.3 Å². The van der Waals surface area contributed by atoms with Crippen LogP contribution in [0.1, 0.15) is 52.9 Å². The molecule has 0 heterocycles. The molecule has 0 bridgehead atoms. The molecular formula is C13H27NO. The molecule has 3 atom stereocenters. The monoisotopic (exact) mass is 213 g/mol. The van der Waals surface area contributed by atoms with Gasteiger partial charge in [-0.1, -0.05) is 33.6 Å². The predicted molar refractivity (Wildman–Crippen MR) is 64.9 cm³/mol. The molecule has 90 valence electrons. The zero-order valence-corrected chi connectivity index (χ0v) is 10.6. The molecule has 1 aliphatic carbocycles. The lowest BCUT2D eigenvalue weighted by atomic mass is 9.67. The summed E-state index contributed by atoms with van der Waals surface area (Å²) in [6, 6.07) is 0. The first-order valence-corrected chi connectivity index (χ1v) is 6.52. The van der Waals surface area contributed by atoms with Crippen LogP contribution in [0, 0.1) is 11.8 Å². The van der Waals surface area contributed by atoms with Gasteiger partial charge in [-0.05, 0) is 37.6 Å². The molecule has 1 fully saturated rings. The van der Waals surface area contributed by atoms with Gasteiger partial charge in [-0.25, -0.2) is 0 Å². The maximum Gasteiger partial charge on any atom is 0.0448 e. The quantitative estimate of drug-likeness (QED) is 0.735. The van der Waals surface area contributed by atoms with Crippen molar-refractivity contribution in [3.8, 4) is 0 Å². The van der Waals surface area contributed by atoms with E-state index in [0.717, 1.165) is 18.9 Å². The molecule has 0 aromatic carbocycles. The van der Waals surface area contributed by atoms with Gasteiger partial charge in [0.25, 0.3) is 0 Å². The Hall–Kier alpha value is -0.0800. The average molecular weight is 213 g/mol. The van der Waals surface area contributed by atoms with Crippen molar-refractivity contribution in [1.29, 1.82) is 0 Å². The van der Waals surface area contributed by atoms with Crippen molar-refractivity contribution in [1.82, 2.24) is 5.32 Å². The molecule has 1 rings (SSSR count). The van der Waals surface area contributed by atoms with Gasteiger partial charge in [-0.2, -0.15) is 0 Å². The van der Waals surface area contributed by atoms with Crippen molar-refractivity contribution in [2.75, 3.05) is 13.2 Å². The minimum absolute atomic E-state index is 0.211. The minimum atomic E-state index is 0.211. The van der Waals surface area contributed by atoms with Gasteiger partial charge in [0.1, 0.15) is 0 Å². The lowest BCUT2D eigenvalue weighted by Gasteiger charge is -2.46. The van der Waals surface area contributed by atoms with Crippen LogP contribution in [-0.2, 0) is 0 Å². The van der Waals surface area contributed by atoms with Crippen LogP contribution in [0.4, 0.5) is 0 Å². The Morgan fingerprint density at radius 3 is 2.73 bits per heavy atom. The highest BCUT2D eigenvalue weighted by Crippen LogP contribution is 2.39. The third-order valence-electron chi connectivity index (χ3n) is 4.29. The first-order chi connectivity index (χ1) is 7.16. The number of aliphatic hydroxyl groups is 1. The molecule has 0 saturated heterocycles. The van der Waals surface area contributed by atoms with Gasteiger partial charge >= 0.3 is 0 Å². The normalized spacial score (nSPS) is 36.8. The van der Waals surface area contributed by atoms with E-state index in [-0.39, 0.29) is 5.54 Å². The Morgan fingerprint density at radius 1 is 1.40 bits per heavy atom. The number of nitrogens with one attached hydrogen (secondary N) is 1. The van der Waals surface area contributed by atoms with E-state index in [9.17, 15) is 5.11 Å². The number of rotatable bonds is 5. The summed E-state index contributed by atoms with van der Waals surface area (Å²) in [5.74, 6) is 1.47. The molecule has 15 heavy (non-hydrogen) atoms. The zero-order valence-electron chi connectivity index (χ0n) is 10.6. The van der Waals surface area contributed by atoms with Gasteiger partial charge < -0.3 is 10.4 Å². The number of hydrogen-bond donors (Lipinski definition) is 2. The second-order valence-electron chi connectivity index (χ2n) is 5.21. The standard InChI is InChI=1S/C13H27NO/c1-4-9-14-13(8-10-15)7-5-6-11(2)12(13)3/h11-12,14-15H,4-10H2,1-3H3. The van der Waals surface area contributed by atoms with Crippen molar-refractivity contribution in [2.45, 2.75) is 58.4 Å². The lowest BCUT2D eigenvalue weighted by Crippen LogP contribution is -2.55. The Labute approximate surface area is 94.5 Å². The molecule has 3 unspecified atom stereocenters. The smallest absolute Gasteiger partial charge is 0.0448 e. The SMILES string of the molecule is CCCNC1(CCO)CCCC(C)C1C. The van der Waals surface area contributed by atoms with E-state index in [0.29, 0.717) is 12.5 Å². The van der Waals surface area contributed by atoms with E-state index >= 15 is 0 Å². The summed E-state index contributed by atoms with van der Waals surface area (Å²) in [4.78, 5) is 0. The highest BCUT2D eigenvalue weighted by Gasteiger charge is 2.40. The van der Waals surface area contributed by atoms with Crippen molar-refractivity contribution < 1.29 is 5.11 Å². The van der Waals surface area contributed by atoms with Crippen molar-refractivity contribution >= 4 is 0 Å². The van der Waals surface area contributed by atoms with Gasteiger partial charge in [0, 0.05) is 12.1 Å². The fraction of sp³-hybridized carbons (Fsp3) is 1.00. The predicted octanol–water partition coefficient (Wildman–Crippen LogP) is 2.56. The third kappa shape index (κ3) is 2.94. The van der Waals surface area contributed by atoms with Gasteiger partial charge in [0.15, 0.2) is 0 Å². The van der Waals surface area contributed by atoms with E-state index in [1.807, 2.05) is 0 Å². The molecule has 0 radical (unpaired) electrons. The lowest BCUT2D eigenvalue weighted by molar-refractivity contribution is 0.0767. The van der Waals surface area contributed by atoms with Gasteiger partial charge in [-0.3, -0.25) is 0 Å². The molecule has 1 saturated carbocycles. The van der Waals surface area contributed by atoms with E-state index in [1.165, 1.54) is 25.7 Å². The fourth-order valence-electron chi connectivity index (χ4n) is 3.03. The van der Waals surface area contributed by atoms with Crippen molar-refractivity contribution in [2.24, 2.45) is 11.8 Å². The average Bonchev–Trinajstić information content (AvgIpc) is 2.23. The molecule has 1 aliphatic rings. The Bertz CT molecular complexity index is 179. The fourth-order valence-corrected chi connectivity index (χ4v) is 3.03. The van der Waals surface area contributed by atoms with E-state index in [1.54, 1.807) is 0 Å². The summed E-state index contributed by atoms with van der Waals surface area (Å²) in [6.45, 7) is 8.30. The molecule has 0 aromatic rings. The van der Waals surface area contributed by atoms with Crippen LogP contribution in [0.5, 0.6) is 0 Å². The van der Waals surface area contributed by atoms with Crippen LogP contribution in [0.15, 0.2) is 0 Å². The molecule has 0 aromatic heterocycles. The Kier molecular flexibility index (Phi) is 5.07. The summed E-state index contributed by atoms with van der Waals surface area (Å²) in [6.07, 6.45) is 5.98. The van der Waals surface area contributed by atoms with Crippen molar-refractivity contribution in [3.63, 3.8) is 0 Å². The molecule has 2 heteroatoms. The summed E-state index contributed by atoms with van der Waals surface area (Å²) in [5.41, 5.74) is 0.211. The van der Waals surface area contributed by atoms with E-state index < -0.39 is 0 Å². The molecule has 0 spiro atoms. The summed E-state index contributed by atoms with van der Waals surface area (Å²) >= 11 is 0. The molecular weight excluding hydrogens is 186 g/mol. The van der Waals surface area contributed by atoms with Gasteiger partial charge in [0.2, 0.25) is 0 Å². The Morgan fingerprint density at radius 2 is 2.13 bits per heavy atom. The van der Waals surface area contributed by atoms with Crippen LogP contribution < -0.4 is 5.32 Å². The number of hydrogen-bond acceptors (Lipinski definition) is 2. The first kappa shape index (κ1) is 13.0. The van der Waals surface area contributed by atoms with Crippen LogP contribution in [-0.4, -0.2) is 23.8 Å². The second-order valence-corrected chi connectivity index (χ2v) is 5.21. The van der Waals surface area contributed by atoms with Crippen LogP contribution in [0.2, 0.25) is 0 Å². The van der Waals surface area contributed by atoms with E-state index in [2.05, 4.69) is 26.1 Å².